The number of aromatic hydroxyl groups is 1. The van der Waals surface area contributed by atoms with Gasteiger partial charge < -0.3 is 15.3 Å². The standard InChI is InChI=1S/C28H24F2N4O/c1-4-20-23(29)8-5-16-9-19(35)10-21(25(16)20)27-26(30)24-14(2)15(3)32-28(22(24)11-31-27)34-12-17-6-7-18(13-34)33-17/h1,5,8-11,17-18,33,35H,6-7,12-13H2,2-3H3/t17-,18?/m0/s1. The first-order valence-corrected chi connectivity index (χ1v) is 11.7. The van der Waals surface area contributed by atoms with Gasteiger partial charge >= 0.3 is 0 Å². The highest BCUT2D eigenvalue weighted by atomic mass is 19.1. The molecule has 4 aromatic rings. The minimum atomic E-state index is -0.583. The van der Waals surface area contributed by atoms with Crippen molar-refractivity contribution >= 4 is 27.4 Å². The van der Waals surface area contributed by atoms with Crippen molar-refractivity contribution < 1.29 is 13.9 Å². The summed E-state index contributed by atoms with van der Waals surface area (Å²) in [6, 6.07) is 6.44. The van der Waals surface area contributed by atoms with E-state index >= 15 is 4.39 Å². The number of nitrogens with one attached hydrogen (secondary N) is 1. The highest BCUT2D eigenvalue weighted by molar-refractivity contribution is 6.04. The predicted octanol–water partition coefficient (Wildman–Crippen LogP) is 4.97. The largest absolute Gasteiger partial charge is 0.508 e. The van der Waals surface area contributed by atoms with Gasteiger partial charge in [-0.15, -0.1) is 6.42 Å². The van der Waals surface area contributed by atoms with Gasteiger partial charge in [0.2, 0.25) is 0 Å². The van der Waals surface area contributed by atoms with E-state index < -0.39 is 11.6 Å². The average molecular weight is 471 g/mol. The van der Waals surface area contributed by atoms with E-state index in [0.717, 1.165) is 43.0 Å². The van der Waals surface area contributed by atoms with Crippen molar-refractivity contribution in [2.24, 2.45) is 0 Å². The van der Waals surface area contributed by atoms with Gasteiger partial charge in [0, 0.05) is 58.8 Å². The lowest BCUT2D eigenvalue weighted by molar-refractivity contribution is 0.464. The van der Waals surface area contributed by atoms with Crippen LogP contribution in [0, 0.1) is 37.8 Å². The minimum absolute atomic E-state index is 0.0124. The number of benzene rings is 2. The Labute approximate surface area is 201 Å². The van der Waals surface area contributed by atoms with Crippen molar-refractivity contribution in [1.29, 1.82) is 0 Å². The minimum Gasteiger partial charge on any atom is -0.508 e. The molecule has 35 heavy (non-hydrogen) atoms. The van der Waals surface area contributed by atoms with Crippen LogP contribution in [-0.2, 0) is 0 Å². The number of hydrogen-bond acceptors (Lipinski definition) is 5. The van der Waals surface area contributed by atoms with Gasteiger partial charge in [0.25, 0.3) is 0 Å². The molecule has 0 radical (unpaired) electrons. The average Bonchev–Trinajstić information content (AvgIpc) is 3.18. The van der Waals surface area contributed by atoms with E-state index in [1.807, 2.05) is 13.8 Å². The number of terminal acetylenes is 1. The van der Waals surface area contributed by atoms with E-state index in [2.05, 4.69) is 21.1 Å². The molecule has 0 spiro atoms. The number of nitrogens with zero attached hydrogens (tertiary/aromatic N) is 3. The molecule has 1 unspecified atom stereocenters. The van der Waals surface area contributed by atoms with Crippen LogP contribution in [0.5, 0.6) is 5.75 Å². The van der Waals surface area contributed by atoms with Crippen LogP contribution >= 0.6 is 0 Å². The maximum atomic E-state index is 16.4. The van der Waals surface area contributed by atoms with Crippen LogP contribution in [-0.4, -0.2) is 40.2 Å². The summed E-state index contributed by atoms with van der Waals surface area (Å²) >= 11 is 0. The quantitative estimate of drug-likeness (QED) is 0.405. The molecule has 176 valence electrons. The van der Waals surface area contributed by atoms with Crippen molar-refractivity contribution in [3.63, 3.8) is 0 Å². The first-order chi connectivity index (χ1) is 16.9. The van der Waals surface area contributed by atoms with E-state index in [1.54, 1.807) is 6.20 Å². The normalized spacial score (nSPS) is 19.5. The van der Waals surface area contributed by atoms with E-state index in [1.165, 1.54) is 24.3 Å². The Bertz CT molecular complexity index is 1560. The second-order valence-corrected chi connectivity index (χ2v) is 9.56. The first kappa shape index (κ1) is 21.8. The fourth-order valence-electron chi connectivity index (χ4n) is 5.66. The van der Waals surface area contributed by atoms with Gasteiger partial charge in [-0.2, -0.15) is 0 Å². The Morgan fingerprint density at radius 2 is 1.86 bits per heavy atom. The molecule has 6 rings (SSSR count). The van der Waals surface area contributed by atoms with Crippen LogP contribution in [0.15, 0.2) is 30.5 Å². The van der Waals surface area contributed by atoms with Crippen molar-refractivity contribution in [2.45, 2.75) is 38.8 Å². The Balaban J connectivity index is 1.62. The molecule has 2 aromatic heterocycles. The van der Waals surface area contributed by atoms with Crippen molar-refractivity contribution in [3.05, 3.63) is 58.9 Å². The summed E-state index contributed by atoms with van der Waals surface area (Å²) in [5.41, 5.74) is 1.74. The molecule has 2 aliphatic rings. The van der Waals surface area contributed by atoms with Gasteiger partial charge in [0.05, 0.1) is 5.56 Å². The summed E-state index contributed by atoms with van der Waals surface area (Å²) in [5, 5.41) is 15.9. The Morgan fingerprint density at radius 3 is 2.57 bits per heavy atom. The van der Waals surface area contributed by atoms with Crippen LogP contribution < -0.4 is 10.2 Å². The van der Waals surface area contributed by atoms with E-state index in [0.29, 0.717) is 33.6 Å². The number of phenolic OH excluding ortho intramolecular Hbond substituents is 1. The fraction of sp³-hybridized carbons (Fsp3) is 0.286. The molecule has 2 saturated heterocycles. The summed E-state index contributed by atoms with van der Waals surface area (Å²) in [5.74, 6) is 1.91. The molecule has 5 nitrogen and oxygen atoms in total. The monoisotopic (exact) mass is 470 g/mol. The molecule has 0 saturated carbocycles. The smallest absolute Gasteiger partial charge is 0.157 e. The molecule has 0 amide bonds. The molecule has 2 N–H and O–H groups in total. The van der Waals surface area contributed by atoms with Gasteiger partial charge in [-0.05, 0) is 55.8 Å². The lowest BCUT2D eigenvalue weighted by Gasteiger charge is -2.34. The molecule has 4 heterocycles. The number of aryl methyl sites for hydroxylation is 2. The maximum absolute atomic E-state index is 16.4. The zero-order valence-corrected chi connectivity index (χ0v) is 19.5. The van der Waals surface area contributed by atoms with Gasteiger partial charge in [-0.1, -0.05) is 12.0 Å². The van der Waals surface area contributed by atoms with Crippen LogP contribution in [0.1, 0.15) is 29.7 Å². The SMILES string of the molecule is C#Cc1c(F)ccc2cc(O)cc(-c3ncc4c(N5CC6CC[C@@H](C5)N6)nc(C)c(C)c4c3F)c12. The highest BCUT2D eigenvalue weighted by Crippen LogP contribution is 2.40. The molecule has 2 fully saturated rings. The maximum Gasteiger partial charge on any atom is 0.157 e. The van der Waals surface area contributed by atoms with Crippen LogP contribution in [0.25, 0.3) is 32.8 Å². The summed E-state index contributed by atoms with van der Waals surface area (Å²) in [6.45, 7) is 5.35. The number of fused-ring (bicyclic) bond motifs is 4. The summed E-state index contributed by atoms with van der Waals surface area (Å²) < 4.78 is 30.9. The zero-order chi connectivity index (χ0) is 24.4. The lowest BCUT2D eigenvalue weighted by Crippen LogP contribution is -2.51. The Morgan fingerprint density at radius 1 is 1.11 bits per heavy atom. The predicted molar refractivity (Wildman–Crippen MR) is 134 cm³/mol. The number of phenols is 1. The number of piperazine rings is 1. The van der Waals surface area contributed by atoms with Crippen LogP contribution in [0.3, 0.4) is 0 Å². The van der Waals surface area contributed by atoms with E-state index in [-0.39, 0.29) is 22.6 Å². The number of hydrogen-bond donors (Lipinski definition) is 2. The summed E-state index contributed by atoms with van der Waals surface area (Å²) in [4.78, 5) is 11.6. The third kappa shape index (κ3) is 3.32. The molecule has 0 aliphatic carbocycles. The zero-order valence-electron chi connectivity index (χ0n) is 19.5. The van der Waals surface area contributed by atoms with E-state index in [4.69, 9.17) is 11.4 Å². The number of aromatic nitrogens is 2. The summed E-state index contributed by atoms with van der Waals surface area (Å²) in [7, 11) is 0. The number of anilines is 1. The molecule has 2 aromatic carbocycles. The van der Waals surface area contributed by atoms with Gasteiger partial charge in [-0.3, -0.25) is 4.98 Å². The summed E-state index contributed by atoms with van der Waals surface area (Å²) in [6.07, 6.45) is 9.50. The molecule has 2 atom stereocenters. The van der Waals surface area contributed by atoms with Gasteiger partial charge in [0.15, 0.2) is 5.82 Å². The van der Waals surface area contributed by atoms with Gasteiger partial charge in [-0.25, -0.2) is 13.8 Å². The molecule has 2 bridgehead atoms. The lowest BCUT2D eigenvalue weighted by atomic mass is 9.94. The second kappa shape index (κ2) is 7.89. The number of pyridine rings is 2. The number of rotatable bonds is 2. The number of halogens is 2. The van der Waals surface area contributed by atoms with Crippen LogP contribution in [0.2, 0.25) is 0 Å². The second-order valence-electron chi connectivity index (χ2n) is 9.56. The fourth-order valence-corrected chi connectivity index (χ4v) is 5.66. The molecule has 7 heteroatoms. The molecular formula is C28H24F2N4O. The first-order valence-electron chi connectivity index (χ1n) is 11.7. The third-order valence-electron chi connectivity index (χ3n) is 7.42. The molecular weight excluding hydrogens is 446 g/mol. The van der Waals surface area contributed by atoms with Crippen molar-refractivity contribution in [1.82, 2.24) is 15.3 Å². The Hall–Kier alpha value is -3.76. The highest BCUT2D eigenvalue weighted by Gasteiger charge is 2.34. The third-order valence-corrected chi connectivity index (χ3v) is 7.42. The van der Waals surface area contributed by atoms with E-state index in [9.17, 15) is 9.50 Å². The van der Waals surface area contributed by atoms with Crippen molar-refractivity contribution in [2.75, 3.05) is 18.0 Å². The Kier molecular flexibility index (Phi) is 4.90. The topological polar surface area (TPSA) is 61.3 Å². The van der Waals surface area contributed by atoms with Gasteiger partial charge in [0.1, 0.15) is 23.1 Å². The van der Waals surface area contributed by atoms with Crippen LogP contribution in [0.4, 0.5) is 14.6 Å². The van der Waals surface area contributed by atoms with Crippen molar-refractivity contribution in [3.8, 4) is 29.4 Å². The molecule has 2 aliphatic heterocycles.